The van der Waals surface area contributed by atoms with Gasteiger partial charge in [0, 0.05) is 18.9 Å². The lowest BCUT2D eigenvalue weighted by atomic mass is 10.0. The van der Waals surface area contributed by atoms with Crippen LogP contribution in [0.5, 0.6) is 0 Å². The molecule has 3 nitrogen and oxygen atoms in total. The Hall–Kier alpha value is -1.17. The molecule has 112 valence electrons. The maximum Gasteiger partial charge on any atom is 0.242 e. The fourth-order valence-electron chi connectivity index (χ4n) is 1.99. The highest BCUT2D eigenvalue weighted by atomic mass is 79.9. The monoisotopic (exact) mass is 367 g/mol. The van der Waals surface area contributed by atoms with Gasteiger partial charge in [0.05, 0.1) is 4.90 Å². The van der Waals surface area contributed by atoms with Gasteiger partial charge in [-0.05, 0) is 29.7 Å². The number of rotatable bonds is 5. The van der Waals surface area contributed by atoms with Gasteiger partial charge in [0.15, 0.2) is 0 Å². The van der Waals surface area contributed by atoms with Crippen LogP contribution >= 0.6 is 15.9 Å². The van der Waals surface area contributed by atoms with Gasteiger partial charge in [0.1, 0.15) is 0 Å². The Morgan fingerprint density at radius 2 is 1.57 bits per heavy atom. The van der Waals surface area contributed by atoms with Crippen molar-refractivity contribution in [3.8, 4) is 0 Å². The summed E-state index contributed by atoms with van der Waals surface area (Å²) in [5.74, 6) is 0. The summed E-state index contributed by atoms with van der Waals surface area (Å²) < 4.78 is 25.2. The summed E-state index contributed by atoms with van der Waals surface area (Å²) in [6, 6.07) is 17.2. The Morgan fingerprint density at radius 1 is 1.00 bits per heavy atom. The van der Waals surface area contributed by atoms with Crippen LogP contribution < -0.4 is 0 Å². The smallest absolute Gasteiger partial charge is 0.207 e. The summed E-state index contributed by atoms with van der Waals surface area (Å²) >= 11 is 3.68. The van der Waals surface area contributed by atoms with E-state index in [2.05, 4.69) is 28.1 Å². The number of hydrogen-bond donors (Lipinski definition) is 0. The quantitative estimate of drug-likeness (QED) is 0.756. The van der Waals surface area contributed by atoms with Crippen molar-refractivity contribution in [3.63, 3.8) is 0 Å². The van der Waals surface area contributed by atoms with Gasteiger partial charge in [0.25, 0.3) is 0 Å². The largest absolute Gasteiger partial charge is 0.242 e. The van der Waals surface area contributed by atoms with Gasteiger partial charge in [-0.15, -0.1) is 0 Å². The predicted molar refractivity (Wildman–Crippen MR) is 89.1 cm³/mol. The van der Waals surface area contributed by atoms with Gasteiger partial charge in [-0.25, -0.2) is 12.7 Å². The van der Waals surface area contributed by atoms with Crippen molar-refractivity contribution in [3.05, 3.63) is 65.7 Å². The summed E-state index contributed by atoms with van der Waals surface area (Å²) in [4.78, 5) is 0.539. The van der Waals surface area contributed by atoms with Gasteiger partial charge in [-0.1, -0.05) is 58.4 Å². The molecule has 2 aromatic rings. The fraction of sp³-hybridized carbons (Fsp3) is 0.250. The lowest BCUT2D eigenvalue weighted by Gasteiger charge is -2.13. The number of benzene rings is 2. The molecule has 5 heteroatoms. The Labute approximate surface area is 134 Å². The van der Waals surface area contributed by atoms with E-state index in [-0.39, 0.29) is 4.83 Å². The number of halogens is 1. The second-order valence-electron chi connectivity index (χ2n) is 5.01. The van der Waals surface area contributed by atoms with E-state index in [1.165, 1.54) is 24.0 Å². The molecule has 0 saturated carbocycles. The Morgan fingerprint density at radius 3 is 2.10 bits per heavy atom. The Balaban J connectivity index is 2.14. The van der Waals surface area contributed by atoms with Crippen LogP contribution in [0.1, 0.15) is 16.0 Å². The summed E-state index contributed by atoms with van der Waals surface area (Å²) in [6.07, 6.45) is 0.812. The second-order valence-corrected chi connectivity index (χ2v) is 8.27. The molecule has 0 spiro atoms. The number of hydrogen-bond acceptors (Lipinski definition) is 2. The van der Waals surface area contributed by atoms with Crippen LogP contribution in [-0.4, -0.2) is 26.8 Å². The number of alkyl halides is 1. The SMILES string of the molecule is CN(C)S(=O)(=O)c1ccc(CC(Br)c2ccccc2)cc1. The average molecular weight is 368 g/mol. The van der Waals surface area contributed by atoms with Crippen molar-refractivity contribution in [1.82, 2.24) is 4.31 Å². The van der Waals surface area contributed by atoms with E-state index in [0.29, 0.717) is 4.90 Å². The zero-order valence-electron chi connectivity index (χ0n) is 12.0. The van der Waals surface area contributed by atoms with Crippen molar-refractivity contribution in [1.29, 1.82) is 0 Å². The van der Waals surface area contributed by atoms with Crippen molar-refractivity contribution < 1.29 is 8.42 Å². The van der Waals surface area contributed by atoms with Crippen molar-refractivity contribution in [2.45, 2.75) is 16.1 Å². The molecule has 21 heavy (non-hydrogen) atoms. The summed E-state index contributed by atoms with van der Waals surface area (Å²) in [6.45, 7) is 0. The third kappa shape index (κ3) is 3.93. The van der Waals surface area contributed by atoms with Gasteiger partial charge >= 0.3 is 0 Å². The lowest BCUT2D eigenvalue weighted by molar-refractivity contribution is 0.520. The van der Waals surface area contributed by atoms with Crippen LogP contribution in [0.3, 0.4) is 0 Å². The van der Waals surface area contributed by atoms with E-state index >= 15 is 0 Å². The van der Waals surface area contributed by atoms with Crippen LogP contribution in [-0.2, 0) is 16.4 Å². The molecule has 2 aromatic carbocycles. The van der Waals surface area contributed by atoms with Crippen molar-refractivity contribution >= 4 is 26.0 Å². The Kier molecular flexibility index (Phi) is 5.19. The number of nitrogens with zero attached hydrogens (tertiary/aromatic N) is 1. The maximum atomic E-state index is 12.0. The molecule has 0 aliphatic rings. The molecule has 0 aliphatic carbocycles. The zero-order valence-corrected chi connectivity index (χ0v) is 14.4. The van der Waals surface area contributed by atoms with Gasteiger partial charge in [-0.2, -0.15) is 0 Å². The van der Waals surface area contributed by atoms with E-state index < -0.39 is 10.0 Å². The molecule has 1 unspecified atom stereocenters. The van der Waals surface area contributed by atoms with Gasteiger partial charge in [-0.3, -0.25) is 0 Å². The molecule has 0 aliphatic heterocycles. The van der Waals surface area contributed by atoms with Gasteiger partial charge < -0.3 is 0 Å². The first kappa shape index (κ1) is 16.2. The minimum absolute atomic E-state index is 0.218. The molecule has 0 amide bonds. The standard InChI is InChI=1S/C16H18BrNO2S/c1-18(2)21(19,20)15-10-8-13(9-11-15)12-16(17)14-6-4-3-5-7-14/h3-11,16H,12H2,1-2H3. The topological polar surface area (TPSA) is 37.4 Å². The zero-order chi connectivity index (χ0) is 15.5. The molecule has 0 aromatic heterocycles. The van der Waals surface area contributed by atoms with Crippen LogP contribution in [0, 0.1) is 0 Å². The van der Waals surface area contributed by atoms with E-state index in [1.54, 1.807) is 12.1 Å². The van der Waals surface area contributed by atoms with Crippen LogP contribution in [0.4, 0.5) is 0 Å². The van der Waals surface area contributed by atoms with Gasteiger partial charge in [0.2, 0.25) is 10.0 Å². The summed E-state index contributed by atoms with van der Waals surface area (Å²) in [7, 11) is -0.283. The summed E-state index contributed by atoms with van der Waals surface area (Å²) in [5.41, 5.74) is 2.31. The third-order valence-corrected chi connectivity index (χ3v) is 5.96. The molecular formula is C16H18BrNO2S. The first-order chi connectivity index (χ1) is 9.91. The predicted octanol–water partition coefficient (Wildman–Crippen LogP) is 3.62. The number of sulfonamides is 1. The Bertz CT molecular complexity index is 682. The van der Waals surface area contributed by atoms with Crippen LogP contribution in [0.2, 0.25) is 0 Å². The van der Waals surface area contributed by atoms with E-state index in [4.69, 9.17) is 0 Å². The van der Waals surface area contributed by atoms with Crippen molar-refractivity contribution in [2.24, 2.45) is 0 Å². The van der Waals surface area contributed by atoms with E-state index in [9.17, 15) is 8.42 Å². The highest BCUT2D eigenvalue weighted by molar-refractivity contribution is 9.09. The minimum atomic E-state index is -3.35. The maximum absolute atomic E-state index is 12.0. The fourth-order valence-corrected chi connectivity index (χ4v) is 3.58. The highest BCUT2D eigenvalue weighted by Crippen LogP contribution is 2.27. The molecule has 1 atom stereocenters. The molecule has 0 saturated heterocycles. The van der Waals surface area contributed by atoms with Crippen molar-refractivity contribution in [2.75, 3.05) is 14.1 Å². The lowest BCUT2D eigenvalue weighted by Crippen LogP contribution is -2.22. The molecule has 0 fully saturated rings. The van der Waals surface area contributed by atoms with Crippen LogP contribution in [0.15, 0.2) is 59.5 Å². The van der Waals surface area contributed by atoms with Crippen LogP contribution in [0.25, 0.3) is 0 Å². The molecule has 0 bridgehead atoms. The average Bonchev–Trinajstić information content (AvgIpc) is 2.48. The summed E-state index contributed by atoms with van der Waals surface area (Å²) in [5, 5.41) is 0. The second kappa shape index (κ2) is 6.73. The molecule has 0 N–H and O–H groups in total. The first-order valence-electron chi connectivity index (χ1n) is 6.62. The third-order valence-electron chi connectivity index (χ3n) is 3.28. The molecular weight excluding hydrogens is 350 g/mol. The highest BCUT2D eigenvalue weighted by Gasteiger charge is 2.17. The van der Waals surface area contributed by atoms with E-state index in [1.807, 2.05) is 30.3 Å². The minimum Gasteiger partial charge on any atom is -0.207 e. The first-order valence-corrected chi connectivity index (χ1v) is 8.97. The molecule has 0 radical (unpaired) electrons. The molecule has 0 heterocycles. The normalized spacial score (nSPS) is 13.3. The van der Waals surface area contributed by atoms with E-state index in [0.717, 1.165) is 12.0 Å². The molecule has 2 rings (SSSR count).